The van der Waals surface area contributed by atoms with E-state index in [-0.39, 0.29) is 0 Å². The standard InChI is InChI=1S/C11H23NO/c1-3-6-11-10(9-12-4-2)7-5-8-13-11/h10-12H,3-9H2,1-2H3. The molecule has 0 saturated carbocycles. The lowest BCUT2D eigenvalue weighted by Crippen LogP contribution is -2.36. The molecular weight excluding hydrogens is 162 g/mol. The fraction of sp³-hybridized carbons (Fsp3) is 1.00. The summed E-state index contributed by atoms with van der Waals surface area (Å²) in [7, 11) is 0. The summed E-state index contributed by atoms with van der Waals surface area (Å²) in [6.45, 7) is 7.60. The molecule has 0 aromatic heterocycles. The van der Waals surface area contributed by atoms with Gasteiger partial charge in [-0.1, -0.05) is 20.3 Å². The van der Waals surface area contributed by atoms with E-state index in [2.05, 4.69) is 19.2 Å². The van der Waals surface area contributed by atoms with E-state index >= 15 is 0 Å². The third-order valence-corrected chi connectivity index (χ3v) is 2.81. The average Bonchev–Trinajstić information content (AvgIpc) is 2.17. The lowest BCUT2D eigenvalue weighted by atomic mass is 9.91. The lowest BCUT2D eigenvalue weighted by Gasteiger charge is -2.31. The molecule has 2 nitrogen and oxygen atoms in total. The summed E-state index contributed by atoms with van der Waals surface area (Å²) < 4.78 is 5.79. The highest BCUT2D eigenvalue weighted by molar-refractivity contribution is 4.75. The molecule has 1 aliphatic rings. The van der Waals surface area contributed by atoms with Gasteiger partial charge < -0.3 is 10.1 Å². The van der Waals surface area contributed by atoms with Gasteiger partial charge in [0, 0.05) is 13.2 Å². The number of nitrogens with one attached hydrogen (secondary N) is 1. The molecule has 0 bridgehead atoms. The second-order valence-electron chi connectivity index (χ2n) is 3.91. The van der Waals surface area contributed by atoms with Gasteiger partial charge in [-0.25, -0.2) is 0 Å². The van der Waals surface area contributed by atoms with Gasteiger partial charge >= 0.3 is 0 Å². The number of ether oxygens (including phenoxy) is 1. The van der Waals surface area contributed by atoms with E-state index in [0.717, 1.165) is 25.6 Å². The first-order valence-corrected chi connectivity index (χ1v) is 5.70. The first-order valence-electron chi connectivity index (χ1n) is 5.70. The molecule has 1 fully saturated rings. The van der Waals surface area contributed by atoms with Crippen molar-refractivity contribution in [2.24, 2.45) is 5.92 Å². The Morgan fingerprint density at radius 3 is 2.92 bits per heavy atom. The van der Waals surface area contributed by atoms with E-state index in [1.54, 1.807) is 0 Å². The van der Waals surface area contributed by atoms with Crippen molar-refractivity contribution in [3.8, 4) is 0 Å². The van der Waals surface area contributed by atoms with Gasteiger partial charge in [0.2, 0.25) is 0 Å². The van der Waals surface area contributed by atoms with Crippen molar-refractivity contribution in [2.45, 2.75) is 45.6 Å². The van der Waals surface area contributed by atoms with Gasteiger partial charge in [0.1, 0.15) is 0 Å². The fourth-order valence-electron chi connectivity index (χ4n) is 2.07. The number of hydrogen-bond donors (Lipinski definition) is 1. The second-order valence-corrected chi connectivity index (χ2v) is 3.91. The Bertz CT molecular complexity index is 125. The molecule has 1 aliphatic heterocycles. The monoisotopic (exact) mass is 185 g/mol. The summed E-state index contributed by atoms with van der Waals surface area (Å²) in [4.78, 5) is 0. The second kappa shape index (κ2) is 6.39. The minimum Gasteiger partial charge on any atom is -0.378 e. The molecule has 1 saturated heterocycles. The topological polar surface area (TPSA) is 21.3 Å². The summed E-state index contributed by atoms with van der Waals surface area (Å²) in [6, 6.07) is 0. The first kappa shape index (κ1) is 11.0. The Hall–Kier alpha value is -0.0800. The largest absolute Gasteiger partial charge is 0.378 e. The molecule has 13 heavy (non-hydrogen) atoms. The zero-order valence-electron chi connectivity index (χ0n) is 9.01. The van der Waals surface area contributed by atoms with Crippen LogP contribution in [0.15, 0.2) is 0 Å². The van der Waals surface area contributed by atoms with E-state index in [1.165, 1.54) is 25.7 Å². The van der Waals surface area contributed by atoms with Crippen LogP contribution in [-0.2, 0) is 4.74 Å². The molecule has 0 aromatic rings. The molecule has 0 aliphatic carbocycles. The molecule has 2 atom stereocenters. The predicted octanol–water partition coefficient (Wildman–Crippen LogP) is 2.19. The highest BCUT2D eigenvalue weighted by atomic mass is 16.5. The van der Waals surface area contributed by atoms with Gasteiger partial charge in [-0.15, -0.1) is 0 Å². The molecule has 0 aromatic carbocycles. The van der Waals surface area contributed by atoms with Crippen LogP contribution in [0, 0.1) is 5.92 Å². The van der Waals surface area contributed by atoms with Crippen LogP contribution >= 0.6 is 0 Å². The van der Waals surface area contributed by atoms with Crippen molar-refractivity contribution in [1.29, 1.82) is 0 Å². The van der Waals surface area contributed by atoms with Gasteiger partial charge in [-0.3, -0.25) is 0 Å². The third-order valence-electron chi connectivity index (χ3n) is 2.81. The minimum atomic E-state index is 0.526. The maximum absolute atomic E-state index is 5.79. The lowest BCUT2D eigenvalue weighted by molar-refractivity contribution is -0.0302. The summed E-state index contributed by atoms with van der Waals surface area (Å²) in [5, 5.41) is 3.43. The fourth-order valence-corrected chi connectivity index (χ4v) is 2.07. The normalized spacial score (nSPS) is 29.1. The Morgan fingerprint density at radius 1 is 1.38 bits per heavy atom. The molecule has 0 radical (unpaired) electrons. The van der Waals surface area contributed by atoms with E-state index in [4.69, 9.17) is 4.74 Å². The number of rotatable bonds is 5. The summed E-state index contributed by atoms with van der Waals surface area (Å²) in [6.07, 6.45) is 5.59. The van der Waals surface area contributed by atoms with Gasteiger partial charge in [0.25, 0.3) is 0 Å². The molecule has 0 spiro atoms. The Morgan fingerprint density at radius 2 is 2.23 bits per heavy atom. The molecular formula is C11H23NO. The molecule has 2 heteroatoms. The van der Waals surface area contributed by atoms with E-state index in [0.29, 0.717) is 6.10 Å². The molecule has 78 valence electrons. The number of hydrogen-bond acceptors (Lipinski definition) is 2. The minimum absolute atomic E-state index is 0.526. The van der Waals surface area contributed by atoms with Gasteiger partial charge in [-0.05, 0) is 31.7 Å². The Labute approximate surface area is 82.0 Å². The van der Waals surface area contributed by atoms with Crippen LogP contribution in [0.4, 0.5) is 0 Å². The van der Waals surface area contributed by atoms with E-state index < -0.39 is 0 Å². The van der Waals surface area contributed by atoms with E-state index in [1.807, 2.05) is 0 Å². The van der Waals surface area contributed by atoms with Gasteiger partial charge in [0.05, 0.1) is 6.10 Å². The first-order chi connectivity index (χ1) is 6.38. The maximum Gasteiger partial charge on any atom is 0.0615 e. The maximum atomic E-state index is 5.79. The van der Waals surface area contributed by atoms with E-state index in [9.17, 15) is 0 Å². The van der Waals surface area contributed by atoms with Crippen LogP contribution in [0.25, 0.3) is 0 Å². The van der Waals surface area contributed by atoms with Crippen molar-refractivity contribution in [1.82, 2.24) is 5.32 Å². The zero-order chi connectivity index (χ0) is 9.52. The SMILES string of the molecule is CCCC1OCCCC1CNCC. The quantitative estimate of drug-likeness (QED) is 0.709. The smallest absolute Gasteiger partial charge is 0.0615 e. The average molecular weight is 185 g/mol. The predicted molar refractivity (Wildman–Crippen MR) is 55.9 cm³/mol. The van der Waals surface area contributed by atoms with Crippen LogP contribution in [0.5, 0.6) is 0 Å². The van der Waals surface area contributed by atoms with Crippen molar-refractivity contribution < 1.29 is 4.74 Å². The molecule has 1 heterocycles. The zero-order valence-corrected chi connectivity index (χ0v) is 9.01. The highest BCUT2D eigenvalue weighted by Gasteiger charge is 2.24. The Balaban J connectivity index is 2.28. The molecule has 2 unspecified atom stereocenters. The molecule has 0 amide bonds. The Kier molecular flexibility index (Phi) is 5.40. The third kappa shape index (κ3) is 3.65. The van der Waals surface area contributed by atoms with Crippen molar-refractivity contribution >= 4 is 0 Å². The van der Waals surface area contributed by atoms with Crippen LogP contribution < -0.4 is 5.32 Å². The molecule has 1 N–H and O–H groups in total. The van der Waals surface area contributed by atoms with Crippen LogP contribution in [0.1, 0.15) is 39.5 Å². The van der Waals surface area contributed by atoms with Crippen molar-refractivity contribution in [3.63, 3.8) is 0 Å². The van der Waals surface area contributed by atoms with Gasteiger partial charge in [0.15, 0.2) is 0 Å². The highest BCUT2D eigenvalue weighted by Crippen LogP contribution is 2.23. The van der Waals surface area contributed by atoms with Crippen LogP contribution in [0.2, 0.25) is 0 Å². The summed E-state index contributed by atoms with van der Waals surface area (Å²) >= 11 is 0. The molecule has 1 rings (SSSR count). The van der Waals surface area contributed by atoms with Crippen molar-refractivity contribution in [3.05, 3.63) is 0 Å². The van der Waals surface area contributed by atoms with Crippen LogP contribution in [-0.4, -0.2) is 25.8 Å². The van der Waals surface area contributed by atoms with Gasteiger partial charge in [-0.2, -0.15) is 0 Å². The summed E-state index contributed by atoms with van der Waals surface area (Å²) in [5.41, 5.74) is 0. The summed E-state index contributed by atoms with van der Waals surface area (Å²) in [5.74, 6) is 0.758. The van der Waals surface area contributed by atoms with Crippen molar-refractivity contribution in [2.75, 3.05) is 19.7 Å². The van der Waals surface area contributed by atoms with Crippen LogP contribution in [0.3, 0.4) is 0 Å².